The van der Waals surface area contributed by atoms with Gasteiger partial charge in [-0.1, -0.05) is 20.8 Å². The summed E-state index contributed by atoms with van der Waals surface area (Å²) in [5.41, 5.74) is 0.449. The molecule has 7 nitrogen and oxygen atoms in total. The molecule has 1 aliphatic rings. The number of hydrogen-bond acceptors (Lipinski definition) is 4. The monoisotopic (exact) mass is 317 g/mol. The normalized spacial score (nSPS) is 23.8. The van der Waals surface area contributed by atoms with E-state index in [4.69, 9.17) is 0 Å². The average molecular weight is 317 g/mol. The Morgan fingerprint density at radius 3 is 2.96 bits per heavy atom. The van der Waals surface area contributed by atoms with Crippen molar-refractivity contribution in [2.45, 2.75) is 52.6 Å². The molecule has 0 spiro atoms. The zero-order valence-corrected chi connectivity index (χ0v) is 13.8. The Balaban J connectivity index is 1.67. The quantitative estimate of drug-likeness (QED) is 0.923. The Bertz CT molecular complexity index is 776. The van der Waals surface area contributed by atoms with Gasteiger partial charge in [0.05, 0.1) is 6.20 Å². The van der Waals surface area contributed by atoms with Crippen molar-refractivity contribution in [3.63, 3.8) is 0 Å². The van der Waals surface area contributed by atoms with Gasteiger partial charge < -0.3 is 5.32 Å². The van der Waals surface area contributed by atoms with Crippen LogP contribution in [-0.4, -0.2) is 31.3 Å². The molecule has 7 heteroatoms. The van der Waals surface area contributed by atoms with Crippen molar-refractivity contribution in [2.24, 2.45) is 11.3 Å². The predicted octanol–water partition coefficient (Wildman–Crippen LogP) is 1.22. The second-order valence-corrected chi connectivity index (χ2v) is 7.31. The van der Waals surface area contributed by atoms with Crippen LogP contribution in [0.2, 0.25) is 0 Å². The van der Waals surface area contributed by atoms with Gasteiger partial charge in [0.25, 0.3) is 5.56 Å². The van der Waals surface area contributed by atoms with E-state index in [1.54, 1.807) is 6.07 Å². The summed E-state index contributed by atoms with van der Waals surface area (Å²) in [5.74, 6) is 0.268. The number of rotatable bonds is 3. The Morgan fingerprint density at radius 2 is 2.22 bits per heavy atom. The summed E-state index contributed by atoms with van der Waals surface area (Å²) in [6.45, 7) is 6.65. The third-order valence-electron chi connectivity index (χ3n) is 4.76. The van der Waals surface area contributed by atoms with Crippen molar-refractivity contribution in [1.82, 2.24) is 24.7 Å². The lowest BCUT2D eigenvalue weighted by Gasteiger charge is -2.39. The van der Waals surface area contributed by atoms with Gasteiger partial charge in [-0.2, -0.15) is 10.2 Å². The van der Waals surface area contributed by atoms with E-state index >= 15 is 0 Å². The van der Waals surface area contributed by atoms with Crippen LogP contribution in [0.1, 0.15) is 40.0 Å². The smallest absolute Gasteiger partial charge is 0.293 e. The molecular formula is C16H23N5O2. The molecule has 1 saturated carbocycles. The number of carbonyl (C=O) groups is 1. The summed E-state index contributed by atoms with van der Waals surface area (Å²) in [4.78, 5) is 24.5. The Morgan fingerprint density at radius 1 is 1.43 bits per heavy atom. The minimum atomic E-state index is -0.307. The minimum absolute atomic E-state index is 0.0624. The number of nitrogens with one attached hydrogen (secondary N) is 1. The van der Waals surface area contributed by atoms with Crippen molar-refractivity contribution in [1.29, 1.82) is 0 Å². The lowest BCUT2D eigenvalue weighted by atomic mass is 9.70. The van der Waals surface area contributed by atoms with Gasteiger partial charge in [0.15, 0.2) is 0 Å². The van der Waals surface area contributed by atoms with Crippen molar-refractivity contribution >= 4 is 11.4 Å². The average Bonchev–Trinajstić information content (AvgIpc) is 2.94. The van der Waals surface area contributed by atoms with Gasteiger partial charge in [-0.3, -0.25) is 9.59 Å². The van der Waals surface area contributed by atoms with Crippen molar-refractivity contribution in [3.05, 3.63) is 28.9 Å². The molecule has 0 radical (unpaired) electrons. The summed E-state index contributed by atoms with van der Waals surface area (Å²) in [5, 5.41) is 11.0. The van der Waals surface area contributed by atoms with E-state index in [1.165, 1.54) is 21.7 Å². The van der Waals surface area contributed by atoms with Crippen LogP contribution in [-0.2, 0) is 11.3 Å². The third kappa shape index (κ3) is 3.28. The lowest BCUT2D eigenvalue weighted by molar-refractivity contribution is -0.123. The molecule has 0 aliphatic heterocycles. The molecule has 3 rings (SSSR count). The van der Waals surface area contributed by atoms with Crippen LogP contribution >= 0.6 is 0 Å². The molecule has 2 aromatic rings. The Labute approximate surface area is 134 Å². The first kappa shape index (κ1) is 15.7. The van der Waals surface area contributed by atoms with Crippen LogP contribution in [0.4, 0.5) is 0 Å². The predicted molar refractivity (Wildman–Crippen MR) is 86.0 cm³/mol. The highest BCUT2D eigenvalue weighted by atomic mass is 16.2. The topological polar surface area (TPSA) is 81.3 Å². The first-order valence-corrected chi connectivity index (χ1v) is 8.04. The van der Waals surface area contributed by atoms with Crippen LogP contribution in [0, 0.1) is 11.3 Å². The van der Waals surface area contributed by atoms with Crippen molar-refractivity contribution < 1.29 is 4.79 Å². The van der Waals surface area contributed by atoms with Crippen LogP contribution in [0.15, 0.2) is 23.4 Å². The minimum Gasteiger partial charge on any atom is -0.351 e. The molecular weight excluding hydrogens is 294 g/mol. The molecule has 2 heterocycles. The first-order chi connectivity index (χ1) is 10.9. The maximum atomic E-state index is 12.3. The molecule has 1 fully saturated rings. The number of hydrogen-bond donors (Lipinski definition) is 1. The number of aromatic nitrogens is 4. The molecule has 1 amide bonds. The van der Waals surface area contributed by atoms with Crippen molar-refractivity contribution in [2.75, 3.05) is 0 Å². The Hall–Kier alpha value is -2.18. The summed E-state index contributed by atoms with van der Waals surface area (Å²) < 4.78 is 2.59. The van der Waals surface area contributed by atoms with Crippen LogP contribution in [0.25, 0.3) is 5.52 Å². The fourth-order valence-electron chi connectivity index (χ4n) is 3.53. The molecule has 0 bridgehead atoms. The highest BCUT2D eigenvalue weighted by Crippen LogP contribution is 2.38. The van der Waals surface area contributed by atoms with Gasteiger partial charge >= 0.3 is 0 Å². The number of fused-ring (bicyclic) bond motifs is 1. The molecule has 0 unspecified atom stereocenters. The summed E-state index contributed by atoms with van der Waals surface area (Å²) in [7, 11) is 0. The van der Waals surface area contributed by atoms with E-state index in [0.29, 0.717) is 16.8 Å². The fraction of sp³-hybridized carbons (Fsp3) is 0.625. The van der Waals surface area contributed by atoms with E-state index < -0.39 is 0 Å². The zero-order chi connectivity index (χ0) is 16.6. The van der Waals surface area contributed by atoms with E-state index in [1.807, 2.05) is 0 Å². The second-order valence-electron chi connectivity index (χ2n) is 7.31. The first-order valence-electron chi connectivity index (χ1n) is 8.04. The SMILES string of the molecule is C[C@@H]1CC(C)(C)CC[C@H]1NC(=O)Cn1ncn2nccc2c1=O. The fourth-order valence-corrected chi connectivity index (χ4v) is 3.53. The zero-order valence-electron chi connectivity index (χ0n) is 13.8. The molecule has 124 valence electrons. The van der Waals surface area contributed by atoms with Gasteiger partial charge in [0.2, 0.25) is 5.91 Å². The van der Waals surface area contributed by atoms with Gasteiger partial charge in [-0.15, -0.1) is 0 Å². The maximum Gasteiger partial charge on any atom is 0.293 e. The van der Waals surface area contributed by atoms with E-state index in [9.17, 15) is 9.59 Å². The van der Waals surface area contributed by atoms with Gasteiger partial charge in [-0.25, -0.2) is 9.20 Å². The second kappa shape index (κ2) is 5.79. The number of nitrogens with zero attached hydrogens (tertiary/aromatic N) is 4. The van der Waals surface area contributed by atoms with E-state index in [0.717, 1.165) is 19.3 Å². The molecule has 2 aromatic heterocycles. The molecule has 23 heavy (non-hydrogen) atoms. The molecule has 1 aliphatic carbocycles. The highest BCUT2D eigenvalue weighted by molar-refractivity contribution is 5.76. The molecule has 0 aromatic carbocycles. The largest absolute Gasteiger partial charge is 0.351 e. The number of amides is 1. The molecule has 0 saturated heterocycles. The van der Waals surface area contributed by atoms with Gasteiger partial charge in [0.1, 0.15) is 18.4 Å². The lowest BCUT2D eigenvalue weighted by Crippen LogP contribution is -2.46. The van der Waals surface area contributed by atoms with Crippen LogP contribution in [0.3, 0.4) is 0 Å². The Kier molecular flexibility index (Phi) is 3.95. The highest BCUT2D eigenvalue weighted by Gasteiger charge is 2.33. The van der Waals surface area contributed by atoms with E-state index in [2.05, 4.69) is 36.3 Å². The molecule has 2 atom stereocenters. The molecule has 1 N–H and O–H groups in total. The van der Waals surface area contributed by atoms with Crippen LogP contribution in [0.5, 0.6) is 0 Å². The summed E-state index contributed by atoms with van der Waals surface area (Å²) in [6, 6.07) is 1.79. The summed E-state index contributed by atoms with van der Waals surface area (Å²) >= 11 is 0. The van der Waals surface area contributed by atoms with E-state index in [-0.39, 0.29) is 24.1 Å². The van der Waals surface area contributed by atoms with Gasteiger partial charge in [0, 0.05) is 6.04 Å². The maximum absolute atomic E-state index is 12.3. The van der Waals surface area contributed by atoms with Crippen LogP contribution < -0.4 is 10.9 Å². The van der Waals surface area contributed by atoms with Crippen molar-refractivity contribution in [3.8, 4) is 0 Å². The summed E-state index contributed by atoms with van der Waals surface area (Å²) in [6.07, 6.45) is 6.15. The third-order valence-corrected chi connectivity index (χ3v) is 4.76. The standard InChI is InChI=1S/C16H23N5O2/c1-11-8-16(2,3)6-4-12(11)19-14(22)9-20-15(23)13-5-7-17-21(13)10-18-20/h5,7,10-12H,4,6,8-9H2,1-3H3,(H,19,22)/t11-,12-/m1/s1. The number of carbonyl (C=O) groups excluding carboxylic acids is 1. The van der Waals surface area contributed by atoms with Gasteiger partial charge in [-0.05, 0) is 36.7 Å².